The number of rotatable bonds is 9. The van der Waals surface area contributed by atoms with Gasteiger partial charge in [0.15, 0.2) is 0 Å². The Hall–Kier alpha value is -1.93. The molecule has 2 N–H and O–H groups in total. The zero-order chi connectivity index (χ0) is 21.6. The van der Waals surface area contributed by atoms with E-state index in [-0.39, 0.29) is 36.9 Å². The lowest BCUT2D eigenvalue weighted by atomic mass is 9.88. The van der Waals surface area contributed by atoms with Gasteiger partial charge in [0.2, 0.25) is 11.8 Å². The van der Waals surface area contributed by atoms with E-state index in [4.69, 9.17) is 4.74 Å². The third kappa shape index (κ3) is 6.54. The number of amides is 2. The number of anilines is 1. The summed E-state index contributed by atoms with van der Waals surface area (Å²) in [7, 11) is 0. The summed E-state index contributed by atoms with van der Waals surface area (Å²) in [6, 6.07) is 0.0574. The number of nitrogens with zero attached hydrogens (tertiary/aromatic N) is 1. The summed E-state index contributed by atoms with van der Waals surface area (Å²) in [6.45, 7) is 10.8. The van der Waals surface area contributed by atoms with Crippen LogP contribution in [0.25, 0.3) is 0 Å². The molecular weight excluding hydrogens is 390 g/mol. The van der Waals surface area contributed by atoms with Crippen molar-refractivity contribution in [2.75, 3.05) is 31.6 Å². The highest BCUT2D eigenvalue weighted by Crippen LogP contribution is 2.40. The molecule has 1 heterocycles. The van der Waals surface area contributed by atoms with Crippen LogP contribution in [0.3, 0.4) is 0 Å². The highest BCUT2D eigenvalue weighted by Gasteiger charge is 2.29. The molecule has 1 aromatic heterocycles. The number of likely N-dealkylation sites (N-methyl/N-ethyl adjacent to an activating group) is 1. The van der Waals surface area contributed by atoms with Crippen LogP contribution in [0.1, 0.15) is 61.8 Å². The average Bonchev–Trinajstić information content (AvgIpc) is 2.97. The predicted octanol–water partition coefficient (Wildman–Crippen LogP) is 2.83. The maximum absolute atomic E-state index is 12.7. The number of ether oxygens (including phenoxy) is 1. The Morgan fingerprint density at radius 3 is 2.52 bits per heavy atom. The van der Waals surface area contributed by atoms with Crippen molar-refractivity contribution < 1.29 is 19.1 Å². The van der Waals surface area contributed by atoms with Crippen LogP contribution in [0.4, 0.5) is 5.00 Å². The fourth-order valence-corrected chi connectivity index (χ4v) is 4.89. The van der Waals surface area contributed by atoms with Crippen molar-refractivity contribution in [3.05, 3.63) is 16.0 Å². The van der Waals surface area contributed by atoms with Crippen molar-refractivity contribution in [2.45, 2.75) is 59.9 Å². The Bertz CT molecular complexity index is 745. The minimum absolute atomic E-state index is 0.0574. The molecule has 0 saturated carbocycles. The van der Waals surface area contributed by atoms with Crippen LogP contribution in [-0.2, 0) is 27.2 Å². The second-order valence-corrected chi connectivity index (χ2v) is 8.96. The van der Waals surface area contributed by atoms with Gasteiger partial charge in [-0.25, -0.2) is 4.79 Å². The van der Waals surface area contributed by atoms with Gasteiger partial charge in [0, 0.05) is 10.9 Å². The number of carbonyl (C=O) groups excluding carboxylic acids is 3. The summed E-state index contributed by atoms with van der Waals surface area (Å²) >= 11 is 1.47. The molecule has 2 rings (SSSR count). The van der Waals surface area contributed by atoms with Crippen molar-refractivity contribution in [1.29, 1.82) is 0 Å². The Balaban J connectivity index is 2.12. The van der Waals surface area contributed by atoms with Gasteiger partial charge in [0.25, 0.3) is 0 Å². The molecule has 0 spiro atoms. The summed E-state index contributed by atoms with van der Waals surface area (Å²) in [5.74, 6) is -0.155. The molecule has 1 aliphatic carbocycles. The van der Waals surface area contributed by atoms with E-state index < -0.39 is 0 Å². The number of nitrogens with one attached hydrogen (secondary N) is 2. The minimum atomic E-state index is -0.376. The monoisotopic (exact) mass is 423 g/mol. The molecule has 0 aromatic carbocycles. The molecule has 0 saturated heterocycles. The molecule has 162 valence electrons. The molecule has 0 unspecified atom stereocenters. The van der Waals surface area contributed by atoms with Crippen LogP contribution in [0.2, 0.25) is 0 Å². The fourth-order valence-electron chi connectivity index (χ4n) is 3.48. The average molecular weight is 424 g/mol. The zero-order valence-electron chi connectivity index (χ0n) is 18.1. The SMILES string of the molecule is CCOC(=O)c1c(NC(=O)CN(CC)CC(=O)NC(C)C)sc2c1CC[C@H](C)C2. The molecule has 0 fully saturated rings. The van der Waals surface area contributed by atoms with E-state index in [1.807, 2.05) is 20.8 Å². The number of fused-ring (bicyclic) bond motifs is 1. The van der Waals surface area contributed by atoms with Gasteiger partial charge in [0.05, 0.1) is 25.3 Å². The Kier molecular flexibility index (Phi) is 8.64. The summed E-state index contributed by atoms with van der Waals surface area (Å²) in [5.41, 5.74) is 1.53. The molecule has 1 atom stereocenters. The lowest BCUT2D eigenvalue weighted by Gasteiger charge is -2.20. The third-order valence-electron chi connectivity index (χ3n) is 4.88. The van der Waals surface area contributed by atoms with Crippen LogP contribution < -0.4 is 10.6 Å². The summed E-state index contributed by atoms with van der Waals surface area (Å²) in [5, 5.41) is 6.31. The molecule has 0 radical (unpaired) electrons. The quantitative estimate of drug-likeness (QED) is 0.597. The first-order valence-corrected chi connectivity index (χ1v) is 11.2. The highest BCUT2D eigenvalue weighted by molar-refractivity contribution is 7.17. The summed E-state index contributed by atoms with van der Waals surface area (Å²) < 4.78 is 5.25. The standard InChI is InChI=1S/C21H33N3O4S/c1-6-24(11-17(25)22-13(3)4)12-18(26)23-20-19(21(27)28-7-2)15-9-8-14(5)10-16(15)29-20/h13-14H,6-12H2,1-5H3,(H,22,25)(H,23,26)/t14-/m0/s1. The molecular formula is C21H33N3O4S. The van der Waals surface area contributed by atoms with Crippen molar-refractivity contribution in [1.82, 2.24) is 10.2 Å². The second-order valence-electron chi connectivity index (χ2n) is 7.85. The molecule has 0 bridgehead atoms. The molecule has 1 aliphatic rings. The lowest BCUT2D eigenvalue weighted by molar-refractivity contribution is -0.123. The van der Waals surface area contributed by atoms with E-state index in [0.717, 1.165) is 29.7 Å². The molecule has 2 amide bonds. The van der Waals surface area contributed by atoms with E-state index in [9.17, 15) is 14.4 Å². The van der Waals surface area contributed by atoms with Gasteiger partial charge in [-0.15, -0.1) is 11.3 Å². The Morgan fingerprint density at radius 2 is 1.90 bits per heavy atom. The molecule has 0 aliphatic heterocycles. The molecule has 7 nitrogen and oxygen atoms in total. The van der Waals surface area contributed by atoms with Crippen molar-refractivity contribution in [3.63, 3.8) is 0 Å². The number of carbonyl (C=O) groups is 3. The third-order valence-corrected chi connectivity index (χ3v) is 6.05. The van der Waals surface area contributed by atoms with E-state index >= 15 is 0 Å². The van der Waals surface area contributed by atoms with Crippen LogP contribution in [0.5, 0.6) is 0 Å². The molecule has 29 heavy (non-hydrogen) atoms. The van der Waals surface area contributed by atoms with Crippen LogP contribution in [0.15, 0.2) is 0 Å². The van der Waals surface area contributed by atoms with Gasteiger partial charge in [-0.2, -0.15) is 0 Å². The van der Waals surface area contributed by atoms with Gasteiger partial charge in [-0.05, 0) is 58.1 Å². The lowest BCUT2D eigenvalue weighted by Crippen LogP contribution is -2.42. The van der Waals surface area contributed by atoms with E-state index in [2.05, 4.69) is 17.6 Å². The fraction of sp³-hybridized carbons (Fsp3) is 0.667. The van der Waals surface area contributed by atoms with Crippen molar-refractivity contribution in [3.8, 4) is 0 Å². The summed E-state index contributed by atoms with van der Waals surface area (Å²) in [4.78, 5) is 40.1. The molecule has 1 aromatic rings. The van der Waals surface area contributed by atoms with Gasteiger partial charge in [-0.3, -0.25) is 14.5 Å². The predicted molar refractivity (Wildman–Crippen MR) is 115 cm³/mol. The first kappa shape index (κ1) is 23.3. The normalized spacial score (nSPS) is 15.9. The van der Waals surface area contributed by atoms with Crippen LogP contribution in [-0.4, -0.2) is 55.0 Å². The topological polar surface area (TPSA) is 87.7 Å². The molecule has 8 heteroatoms. The Morgan fingerprint density at radius 1 is 1.21 bits per heavy atom. The Labute approximate surface area is 177 Å². The van der Waals surface area contributed by atoms with Gasteiger partial charge >= 0.3 is 5.97 Å². The number of thiophene rings is 1. The van der Waals surface area contributed by atoms with Crippen LogP contribution in [0, 0.1) is 5.92 Å². The first-order chi connectivity index (χ1) is 13.7. The van der Waals surface area contributed by atoms with Gasteiger partial charge < -0.3 is 15.4 Å². The van der Waals surface area contributed by atoms with E-state index in [1.54, 1.807) is 11.8 Å². The maximum atomic E-state index is 12.7. The zero-order valence-corrected chi connectivity index (χ0v) is 18.9. The van der Waals surface area contributed by atoms with Crippen molar-refractivity contribution >= 4 is 34.1 Å². The first-order valence-electron chi connectivity index (χ1n) is 10.4. The van der Waals surface area contributed by atoms with Gasteiger partial charge in [-0.1, -0.05) is 13.8 Å². The smallest absolute Gasteiger partial charge is 0.341 e. The van der Waals surface area contributed by atoms with Crippen LogP contribution >= 0.6 is 11.3 Å². The highest BCUT2D eigenvalue weighted by atomic mass is 32.1. The maximum Gasteiger partial charge on any atom is 0.341 e. The van der Waals surface area contributed by atoms with E-state index in [1.165, 1.54) is 11.3 Å². The number of esters is 1. The second kappa shape index (κ2) is 10.7. The minimum Gasteiger partial charge on any atom is -0.462 e. The van der Waals surface area contributed by atoms with E-state index in [0.29, 0.717) is 29.6 Å². The van der Waals surface area contributed by atoms with Crippen molar-refractivity contribution in [2.24, 2.45) is 5.92 Å². The number of hydrogen-bond acceptors (Lipinski definition) is 6. The summed E-state index contributed by atoms with van der Waals surface area (Å²) in [6.07, 6.45) is 2.77. The largest absolute Gasteiger partial charge is 0.462 e. The number of hydrogen-bond donors (Lipinski definition) is 2. The van der Waals surface area contributed by atoms with Gasteiger partial charge in [0.1, 0.15) is 5.00 Å².